The predicted molar refractivity (Wildman–Crippen MR) is 334 cm³/mol. The Morgan fingerprint density at radius 2 is 0.526 bits per heavy atom. The maximum atomic E-state index is 12.3. The molecule has 0 aromatic carbocycles. The number of rotatable bonds is 55. The van der Waals surface area contributed by atoms with Crippen LogP contribution in [0.5, 0.6) is 0 Å². The summed E-state index contributed by atoms with van der Waals surface area (Å²) in [6, 6.07) is 0. The van der Waals surface area contributed by atoms with E-state index >= 15 is 0 Å². The summed E-state index contributed by atoms with van der Waals surface area (Å²) >= 11 is 0. The van der Waals surface area contributed by atoms with Crippen molar-refractivity contribution >= 4 is 11.9 Å². The number of aliphatic hydroxyl groups is 1. The van der Waals surface area contributed by atoms with Crippen LogP contribution in [0.3, 0.4) is 0 Å². The first-order valence-electron chi connectivity index (χ1n) is 31.0. The summed E-state index contributed by atoms with van der Waals surface area (Å²) < 4.78 is 10.7. The lowest BCUT2D eigenvalue weighted by molar-refractivity contribution is -0.161. The second-order valence-corrected chi connectivity index (χ2v) is 20.0. The average Bonchev–Trinajstić information content (AvgIpc) is 3.42. The van der Waals surface area contributed by atoms with Crippen LogP contribution in [-0.4, -0.2) is 36.4 Å². The summed E-state index contributed by atoms with van der Waals surface area (Å²) in [5.41, 5.74) is 0. The van der Waals surface area contributed by atoms with E-state index in [1.165, 1.54) is 109 Å². The zero-order chi connectivity index (χ0) is 54.8. The summed E-state index contributed by atoms with van der Waals surface area (Å²) in [6.45, 7) is 3.91. The van der Waals surface area contributed by atoms with Crippen LogP contribution in [0.15, 0.2) is 158 Å². The van der Waals surface area contributed by atoms with E-state index in [2.05, 4.69) is 172 Å². The minimum Gasteiger partial charge on any atom is -0.462 e. The van der Waals surface area contributed by atoms with Gasteiger partial charge in [-0.1, -0.05) is 281 Å². The zero-order valence-corrected chi connectivity index (χ0v) is 49.0. The van der Waals surface area contributed by atoms with Crippen molar-refractivity contribution in [2.45, 2.75) is 264 Å². The molecule has 5 nitrogen and oxygen atoms in total. The molecule has 0 amide bonds. The van der Waals surface area contributed by atoms with Crippen LogP contribution in [0, 0.1) is 0 Å². The van der Waals surface area contributed by atoms with Gasteiger partial charge in [0.15, 0.2) is 6.10 Å². The number of esters is 2. The van der Waals surface area contributed by atoms with Crippen molar-refractivity contribution in [1.82, 2.24) is 0 Å². The van der Waals surface area contributed by atoms with Gasteiger partial charge in [0.05, 0.1) is 6.61 Å². The molecule has 1 N–H and O–H groups in total. The SMILES string of the molecule is CC/C=C\C/C=C\C/C=C\C/C=C\C/C=C\C/C=C\C/C=C\C/C=C\CCCCCCCCCCCCC(=O)OC(CO)COC(=O)CCCCCCCCCCCCC/C=C\C/C=C\C/C=C\C/C=C\C/C=C\CC. The first-order chi connectivity index (χ1) is 37.6. The maximum absolute atomic E-state index is 12.3. The maximum Gasteiger partial charge on any atom is 0.306 e. The Hall–Kier alpha value is -4.48. The lowest BCUT2D eigenvalue weighted by Crippen LogP contribution is -2.28. The van der Waals surface area contributed by atoms with E-state index in [0.717, 1.165) is 122 Å². The molecule has 5 heteroatoms. The second-order valence-electron chi connectivity index (χ2n) is 20.0. The van der Waals surface area contributed by atoms with Gasteiger partial charge >= 0.3 is 11.9 Å². The monoisotopic (exact) mass is 1050 g/mol. The molecular weight excluding hydrogens is 933 g/mol. The van der Waals surface area contributed by atoms with E-state index in [-0.39, 0.29) is 25.2 Å². The number of aliphatic hydroxyl groups excluding tert-OH is 1. The summed E-state index contributed by atoms with van der Waals surface area (Å²) in [4.78, 5) is 24.6. The van der Waals surface area contributed by atoms with Crippen molar-refractivity contribution in [3.63, 3.8) is 0 Å². The van der Waals surface area contributed by atoms with Crippen molar-refractivity contribution in [1.29, 1.82) is 0 Å². The topological polar surface area (TPSA) is 72.8 Å². The van der Waals surface area contributed by atoms with Gasteiger partial charge in [0, 0.05) is 12.8 Å². The number of carbonyl (C=O) groups excluding carboxylic acids is 2. The molecule has 0 aromatic heterocycles. The van der Waals surface area contributed by atoms with Gasteiger partial charge in [0.2, 0.25) is 0 Å². The minimum atomic E-state index is -0.788. The number of hydrogen-bond donors (Lipinski definition) is 1. The van der Waals surface area contributed by atoms with Crippen molar-refractivity contribution in [3.8, 4) is 0 Å². The molecule has 0 aliphatic carbocycles. The highest BCUT2D eigenvalue weighted by Crippen LogP contribution is 2.15. The predicted octanol–water partition coefficient (Wildman–Crippen LogP) is 21.5. The molecule has 0 rings (SSSR count). The standard InChI is InChI=1S/C71H114O5/c1-3-5-7-9-11-13-15-17-19-21-23-25-27-29-31-32-33-34-35-36-37-38-40-42-44-46-48-50-52-54-56-58-60-62-64-66-71(74)76-69(67-72)68-75-70(73)65-63-61-59-57-55-53-51-49-47-45-43-41-39-30-28-26-24-22-20-18-16-14-12-10-8-6-4-2/h5-8,11-14,17-20,23-26,29-31,33-34,36-37,39-40,42,69,72H,3-4,9-10,15-16,21-22,27-28,32,35,38,41,43-68H2,1-2H3/b7-5-,8-6-,13-11-,14-12-,19-17-,20-18-,25-23-,26-24-,31-29-,34-33-,37-36-,39-30-,42-40-. The molecule has 0 bridgehead atoms. The van der Waals surface area contributed by atoms with E-state index < -0.39 is 6.10 Å². The molecule has 0 spiro atoms. The van der Waals surface area contributed by atoms with E-state index in [9.17, 15) is 14.7 Å². The van der Waals surface area contributed by atoms with E-state index in [1.807, 2.05) is 0 Å². The van der Waals surface area contributed by atoms with Gasteiger partial charge in [-0.15, -0.1) is 0 Å². The quantitative estimate of drug-likeness (QED) is 0.0373. The lowest BCUT2D eigenvalue weighted by Gasteiger charge is -2.15. The Labute approximate surface area is 469 Å². The largest absolute Gasteiger partial charge is 0.462 e. The molecule has 0 saturated heterocycles. The highest BCUT2D eigenvalue weighted by atomic mass is 16.6. The summed E-state index contributed by atoms with van der Waals surface area (Å²) in [6.07, 6.45) is 99.4. The number of carbonyl (C=O) groups is 2. The average molecular weight is 1050 g/mol. The van der Waals surface area contributed by atoms with Crippen LogP contribution in [0.25, 0.3) is 0 Å². The van der Waals surface area contributed by atoms with Crippen LogP contribution in [-0.2, 0) is 19.1 Å². The normalized spacial score (nSPS) is 13.4. The van der Waals surface area contributed by atoms with Crippen LogP contribution in [0.2, 0.25) is 0 Å². The highest BCUT2D eigenvalue weighted by molar-refractivity contribution is 5.70. The van der Waals surface area contributed by atoms with Gasteiger partial charge in [-0.3, -0.25) is 9.59 Å². The molecule has 0 aromatic rings. The fraction of sp³-hybridized carbons (Fsp3) is 0.606. The smallest absolute Gasteiger partial charge is 0.306 e. The Morgan fingerprint density at radius 3 is 0.789 bits per heavy atom. The third-order valence-electron chi connectivity index (χ3n) is 12.8. The lowest BCUT2D eigenvalue weighted by atomic mass is 10.0. The summed E-state index contributed by atoms with van der Waals surface area (Å²) in [5.74, 6) is -0.605. The number of allylic oxidation sites excluding steroid dienone is 26. The van der Waals surface area contributed by atoms with Gasteiger partial charge in [-0.05, 0) is 122 Å². The molecule has 0 fully saturated rings. The van der Waals surface area contributed by atoms with Gasteiger partial charge in [-0.25, -0.2) is 0 Å². The molecule has 1 unspecified atom stereocenters. The fourth-order valence-electron chi connectivity index (χ4n) is 8.25. The summed E-state index contributed by atoms with van der Waals surface area (Å²) in [5, 5.41) is 9.68. The van der Waals surface area contributed by atoms with Crippen molar-refractivity contribution < 1.29 is 24.2 Å². The Bertz CT molecular complexity index is 1660. The molecule has 0 aliphatic rings. The van der Waals surface area contributed by atoms with Crippen molar-refractivity contribution in [3.05, 3.63) is 158 Å². The molecule has 0 radical (unpaired) electrons. The number of unbranched alkanes of at least 4 members (excludes halogenated alkanes) is 21. The molecule has 428 valence electrons. The third kappa shape index (κ3) is 62.1. The second kappa shape index (κ2) is 64.8. The Kier molecular flexibility index (Phi) is 61.0. The number of hydrogen-bond acceptors (Lipinski definition) is 5. The Morgan fingerprint density at radius 1 is 0.303 bits per heavy atom. The fourth-order valence-corrected chi connectivity index (χ4v) is 8.25. The van der Waals surface area contributed by atoms with Crippen LogP contribution < -0.4 is 0 Å². The molecule has 0 aliphatic heterocycles. The molecule has 0 heterocycles. The van der Waals surface area contributed by atoms with Crippen molar-refractivity contribution in [2.24, 2.45) is 0 Å². The first-order valence-corrected chi connectivity index (χ1v) is 31.0. The van der Waals surface area contributed by atoms with Crippen LogP contribution in [0.4, 0.5) is 0 Å². The minimum absolute atomic E-state index is 0.0778. The Balaban J connectivity index is 3.57. The molecular formula is C71H114O5. The van der Waals surface area contributed by atoms with Crippen molar-refractivity contribution in [2.75, 3.05) is 13.2 Å². The molecule has 0 saturated carbocycles. The molecule has 76 heavy (non-hydrogen) atoms. The first kappa shape index (κ1) is 71.5. The zero-order valence-electron chi connectivity index (χ0n) is 49.0. The number of ether oxygens (including phenoxy) is 2. The van der Waals surface area contributed by atoms with Gasteiger partial charge < -0.3 is 14.6 Å². The highest BCUT2D eigenvalue weighted by Gasteiger charge is 2.16. The molecule has 1 atom stereocenters. The third-order valence-corrected chi connectivity index (χ3v) is 12.8. The van der Waals surface area contributed by atoms with Gasteiger partial charge in [0.1, 0.15) is 6.61 Å². The van der Waals surface area contributed by atoms with Crippen LogP contribution in [0.1, 0.15) is 258 Å². The van der Waals surface area contributed by atoms with E-state index in [4.69, 9.17) is 9.47 Å². The summed E-state index contributed by atoms with van der Waals surface area (Å²) in [7, 11) is 0. The van der Waals surface area contributed by atoms with E-state index in [0.29, 0.717) is 12.8 Å². The van der Waals surface area contributed by atoms with Gasteiger partial charge in [-0.2, -0.15) is 0 Å². The van der Waals surface area contributed by atoms with E-state index in [1.54, 1.807) is 0 Å². The van der Waals surface area contributed by atoms with Gasteiger partial charge in [0.25, 0.3) is 0 Å². The van der Waals surface area contributed by atoms with Crippen LogP contribution >= 0.6 is 0 Å².